The fourth-order valence-electron chi connectivity index (χ4n) is 3.37. The van der Waals surface area contributed by atoms with Gasteiger partial charge < -0.3 is 15.6 Å². The second kappa shape index (κ2) is 5.45. The van der Waals surface area contributed by atoms with Crippen LogP contribution in [0, 0.1) is 11.8 Å². The first-order valence-corrected chi connectivity index (χ1v) is 6.35. The Balaban J connectivity index is 1.90. The maximum absolute atomic E-state index is 9.47. The van der Waals surface area contributed by atoms with Gasteiger partial charge in [0.05, 0.1) is 19.3 Å². The van der Waals surface area contributed by atoms with Crippen molar-refractivity contribution < 1.29 is 9.84 Å². The van der Waals surface area contributed by atoms with E-state index in [0.29, 0.717) is 6.61 Å². The third kappa shape index (κ3) is 2.40. The molecule has 0 radical (unpaired) electrons. The molecule has 0 aromatic carbocycles. The highest BCUT2D eigenvalue weighted by Gasteiger charge is 2.39. The van der Waals surface area contributed by atoms with Crippen molar-refractivity contribution in [2.24, 2.45) is 17.6 Å². The number of rotatable bonds is 5. The smallest absolute Gasteiger partial charge is 0.0629 e. The second-order valence-corrected chi connectivity index (χ2v) is 5.27. The molecule has 3 N–H and O–H groups in total. The Hall–Kier alpha value is -0.160. The lowest BCUT2D eigenvalue weighted by atomic mass is 10.0. The van der Waals surface area contributed by atoms with Gasteiger partial charge in [0.25, 0.3) is 0 Å². The van der Waals surface area contributed by atoms with E-state index >= 15 is 0 Å². The predicted octanol–water partition coefficient (Wildman–Crippen LogP) is 0.0529. The van der Waals surface area contributed by atoms with Crippen molar-refractivity contribution in [3.63, 3.8) is 0 Å². The van der Waals surface area contributed by atoms with E-state index in [1.54, 1.807) is 7.11 Å². The Labute approximate surface area is 97.7 Å². The van der Waals surface area contributed by atoms with E-state index in [2.05, 4.69) is 4.90 Å². The fourth-order valence-corrected chi connectivity index (χ4v) is 3.37. The number of nitrogens with zero attached hydrogens (tertiary/aromatic N) is 1. The summed E-state index contributed by atoms with van der Waals surface area (Å²) in [6, 6.07) is -0.000577. The lowest BCUT2D eigenvalue weighted by molar-refractivity contribution is 0.0798. The standard InChI is InChI=1S/C12H24N2O2/c1-16-8-11(13)12(7-15)14-5-9-3-2-4-10(9)6-14/h9-12,15H,2-8,13H2,1H3. The molecule has 94 valence electrons. The van der Waals surface area contributed by atoms with Gasteiger partial charge in [-0.2, -0.15) is 0 Å². The molecule has 1 saturated heterocycles. The molecule has 4 unspecified atom stereocenters. The molecule has 1 heterocycles. The zero-order chi connectivity index (χ0) is 11.5. The van der Waals surface area contributed by atoms with Crippen LogP contribution in [-0.4, -0.2) is 55.5 Å². The van der Waals surface area contributed by atoms with Crippen LogP contribution in [0.15, 0.2) is 0 Å². The first kappa shape index (κ1) is 12.3. The van der Waals surface area contributed by atoms with Gasteiger partial charge in [-0.15, -0.1) is 0 Å². The normalized spacial score (nSPS) is 33.9. The largest absolute Gasteiger partial charge is 0.395 e. The highest BCUT2D eigenvalue weighted by molar-refractivity contribution is 4.93. The lowest BCUT2D eigenvalue weighted by Crippen LogP contribution is -2.51. The van der Waals surface area contributed by atoms with E-state index < -0.39 is 0 Å². The number of nitrogens with two attached hydrogens (primary N) is 1. The van der Waals surface area contributed by atoms with Gasteiger partial charge in [-0.1, -0.05) is 6.42 Å². The summed E-state index contributed by atoms with van der Waals surface area (Å²) in [5, 5.41) is 9.47. The maximum atomic E-state index is 9.47. The number of hydrogen-bond donors (Lipinski definition) is 2. The van der Waals surface area contributed by atoms with Crippen LogP contribution in [0.5, 0.6) is 0 Å². The van der Waals surface area contributed by atoms with Crippen LogP contribution >= 0.6 is 0 Å². The second-order valence-electron chi connectivity index (χ2n) is 5.27. The van der Waals surface area contributed by atoms with Gasteiger partial charge in [0, 0.05) is 26.2 Å². The highest BCUT2D eigenvalue weighted by Crippen LogP contribution is 2.38. The zero-order valence-corrected chi connectivity index (χ0v) is 10.1. The van der Waals surface area contributed by atoms with Gasteiger partial charge in [-0.3, -0.25) is 4.90 Å². The number of ether oxygens (including phenoxy) is 1. The van der Waals surface area contributed by atoms with Crippen molar-refractivity contribution in [2.45, 2.75) is 31.3 Å². The molecule has 2 fully saturated rings. The minimum atomic E-state index is -0.0752. The predicted molar refractivity (Wildman–Crippen MR) is 63.1 cm³/mol. The molecule has 0 aromatic heterocycles. The average Bonchev–Trinajstić information content (AvgIpc) is 2.79. The number of methoxy groups -OCH3 is 1. The quantitative estimate of drug-likeness (QED) is 0.698. The third-order valence-corrected chi connectivity index (χ3v) is 4.26. The summed E-state index contributed by atoms with van der Waals surface area (Å²) in [4.78, 5) is 2.37. The van der Waals surface area contributed by atoms with Crippen LogP contribution < -0.4 is 5.73 Å². The van der Waals surface area contributed by atoms with Gasteiger partial charge in [0.15, 0.2) is 0 Å². The van der Waals surface area contributed by atoms with Crippen molar-refractivity contribution >= 4 is 0 Å². The molecular weight excluding hydrogens is 204 g/mol. The average molecular weight is 228 g/mol. The van der Waals surface area contributed by atoms with E-state index in [9.17, 15) is 5.11 Å². The topological polar surface area (TPSA) is 58.7 Å². The molecule has 1 aliphatic heterocycles. The molecular formula is C12H24N2O2. The van der Waals surface area contributed by atoms with E-state index in [1.165, 1.54) is 19.3 Å². The first-order valence-electron chi connectivity index (χ1n) is 6.35. The summed E-state index contributed by atoms with van der Waals surface area (Å²) in [5.74, 6) is 1.70. The van der Waals surface area contributed by atoms with Gasteiger partial charge in [-0.05, 0) is 24.7 Å². The molecule has 0 bridgehead atoms. The Morgan fingerprint density at radius 2 is 2.00 bits per heavy atom. The molecule has 2 rings (SSSR count). The van der Waals surface area contributed by atoms with Crippen LogP contribution in [0.25, 0.3) is 0 Å². The van der Waals surface area contributed by atoms with E-state index in [-0.39, 0.29) is 18.7 Å². The minimum Gasteiger partial charge on any atom is -0.395 e. The molecule has 0 aromatic rings. The zero-order valence-electron chi connectivity index (χ0n) is 10.1. The molecule has 1 saturated carbocycles. The first-order chi connectivity index (χ1) is 7.76. The van der Waals surface area contributed by atoms with Gasteiger partial charge in [0.1, 0.15) is 0 Å². The van der Waals surface area contributed by atoms with Crippen molar-refractivity contribution in [1.29, 1.82) is 0 Å². The van der Waals surface area contributed by atoms with Crippen molar-refractivity contribution in [3.8, 4) is 0 Å². The SMILES string of the molecule is COCC(N)C(CO)N1CC2CCCC2C1. The van der Waals surface area contributed by atoms with Crippen LogP contribution in [0.3, 0.4) is 0 Å². The van der Waals surface area contributed by atoms with E-state index in [0.717, 1.165) is 24.9 Å². The maximum Gasteiger partial charge on any atom is 0.0629 e. The summed E-state index contributed by atoms with van der Waals surface area (Å²) >= 11 is 0. The summed E-state index contributed by atoms with van der Waals surface area (Å²) < 4.78 is 5.08. The number of likely N-dealkylation sites (tertiary alicyclic amines) is 1. The van der Waals surface area contributed by atoms with Crippen LogP contribution in [-0.2, 0) is 4.74 Å². The van der Waals surface area contributed by atoms with Gasteiger partial charge in [-0.25, -0.2) is 0 Å². The lowest BCUT2D eigenvalue weighted by Gasteiger charge is -2.31. The summed E-state index contributed by atoms with van der Waals surface area (Å²) in [6.07, 6.45) is 4.11. The fraction of sp³-hybridized carbons (Fsp3) is 1.00. The highest BCUT2D eigenvalue weighted by atomic mass is 16.5. The monoisotopic (exact) mass is 228 g/mol. The van der Waals surface area contributed by atoms with Crippen LogP contribution in [0.2, 0.25) is 0 Å². The summed E-state index contributed by atoms with van der Waals surface area (Å²) in [7, 11) is 1.66. The molecule has 0 spiro atoms. The Kier molecular flexibility index (Phi) is 4.19. The van der Waals surface area contributed by atoms with Crippen LogP contribution in [0.1, 0.15) is 19.3 Å². The molecule has 2 aliphatic rings. The molecule has 0 amide bonds. The number of hydrogen-bond acceptors (Lipinski definition) is 4. The van der Waals surface area contributed by atoms with Crippen molar-refractivity contribution in [1.82, 2.24) is 4.90 Å². The Bertz CT molecular complexity index is 213. The minimum absolute atomic E-state index is 0.0746. The van der Waals surface area contributed by atoms with Crippen molar-refractivity contribution in [2.75, 3.05) is 33.4 Å². The molecule has 4 atom stereocenters. The van der Waals surface area contributed by atoms with Gasteiger partial charge in [0.2, 0.25) is 0 Å². The van der Waals surface area contributed by atoms with Crippen LogP contribution in [0.4, 0.5) is 0 Å². The number of fused-ring (bicyclic) bond motifs is 1. The van der Waals surface area contributed by atoms with E-state index in [4.69, 9.17) is 10.5 Å². The molecule has 16 heavy (non-hydrogen) atoms. The number of aliphatic hydroxyl groups excluding tert-OH is 1. The number of aliphatic hydroxyl groups is 1. The molecule has 4 heteroatoms. The molecule has 1 aliphatic carbocycles. The van der Waals surface area contributed by atoms with Crippen molar-refractivity contribution in [3.05, 3.63) is 0 Å². The molecule has 4 nitrogen and oxygen atoms in total. The van der Waals surface area contributed by atoms with Gasteiger partial charge >= 0.3 is 0 Å². The Morgan fingerprint density at radius 1 is 1.38 bits per heavy atom. The summed E-state index contributed by atoms with van der Waals surface area (Å²) in [6.45, 7) is 2.90. The third-order valence-electron chi connectivity index (χ3n) is 4.26. The Morgan fingerprint density at radius 3 is 2.50 bits per heavy atom. The summed E-state index contributed by atoms with van der Waals surface area (Å²) in [5.41, 5.74) is 6.04. The van der Waals surface area contributed by atoms with E-state index in [1.807, 2.05) is 0 Å².